The van der Waals surface area contributed by atoms with Gasteiger partial charge in [-0.05, 0) is 6.92 Å². The number of rotatable bonds is 5. The van der Waals surface area contributed by atoms with Gasteiger partial charge >= 0.3 is 0 Å². The van der Waals surface area contributed by atoms with Gasteiger partial charge in [0.25, 0.3) is 0 Å². The van der Waals surface area contributed by atoms with Crippen molar-refractivity contribution in [2.45, 2.75) is 6.92 Å². The number of hydrogen-bond donors (Lipinski definition) is 3. The normalized spacial score (nSPS) is 10.2. The molecule has 94 valence electrons. The molecule has 0 fully saturated rings. The average molecular weight is 240 g/mol. The van der Waals surface area contributed by atoms with Gasteiger partial charge < -0.3 is 22.1 Å². The molecule has 0 spiro atoms. The minimum absolute atomic E-state index is 0.147. The first-order chi connectivity index (χ1) is 7.82. The van der Waals surface area contributed by atoms with Crippen molar-refractivity contribution in [2.24, 2.45) is 18.5 Å². The van der Waals surface area contributed by atoms with E-state index in [1.807, 2.05) is 0 Å². The molecule has 0 unspecified atom stereocenters. The van der Waals surface area contributed by atoms with Crippen molar-refractivity contribution >= 4 is 23.3 Å². The van der Waals surface area contributed by atoms with E-state index < -0.39 is 11.8 Å². The van der Waals surface area contributed by atoms with Gasteiger partial charge in [0.1, 0.15) is 0 Å². The van der Waals surface area contributed by atoms with E-state index in [0.717, 1.165) is 0 Å². The lowest BCUT2D eigenvalue weighted by Crippen LogP contribution is -2.41. The summed E-state index contributed by atoms with van der Waals surface area (Å²) in [5.41, 5.74) is 17.1. The van der Waals surface area contributed by atoms with Gasteiger partial charge in [-0.15, -0.1) is 0 Å². The number of aryl methyl sites for hydroxylation is 2. The molecular formula is C9H16N6O2. The van der Waals surface area contributed by atoms with Crippen LogP contribution in [0.15, 0.2) is 0 Å². The van der Waals surface area contributed by atoms with Crippen molar-refractivity contribution in [3.05, 3.63) is 5.69 Å². The van der Waals surface area contributed by atoms with Crippen molar-refractivity contribution in [2.75, 3.05) is 23.7 Å². The number of nitrogens with two attached hydrogens (primary N) is 3. The van der Waals surface area contributed by atoms with Crippen LogP contribution in [0.4, 0.5) is 11.5 Å². The molecule has 6 N–H and O–H groups in total. The number of hydrogen-bond acceptors (Lipinski definition) is 5. The Balaban J connectivity index is 3.11. The molecule has 1 heterocycles. The second kappa shape index (κ2) is 4.73. The van der Waals surface area contributed by atoms with Crippen LogP contribution in [0.1, 0.15) is 5.69 Å². The van der Waals surface area contributed by atoms with Gasteiger partial charge in [-0.2, -0.15) is 5.10 Å². The standard InChI is InChI=1S/C9H16N6O2/c1-5-8(12)9(14(2)13-5)15(3-6(10)16)4-7(11)17/h3-4,12H2,1-2H3,(H2,10,16)(H2,11,17). The Hall–Kier alpha value is -2.25. The molecule has 8 heteroatoms. The molecule has 0 aliphatic heterocycles. The Bertz CT molecular complexity index is 437. The molecule has 1 aromatic rings. The van der Waals surface area contributed by atoms with Gasteiger partial charge in [-0.25, -0.2) is 0 Å². The van der Waals surface area contributed by atoms with Crippen LogP contribution in [-0.4, -0.2) is 34.7 Å². The number of anilines is 2. The number of nitrogens with zero attached hydrogens (tertiary/aromatic N) is 3. The molecule has 0 aromatic carbocycles. The predicted molar refractivity (Wildman–Crippen MR) is 63.0 cm³/mol. The van der Waals surface area contributed by atoms with Crippen LogP contribution in [-0.2, 0) is 16.6 Å². The highest BCUT2D eigenvalue weighted by molar-refractivity contribution is 5.86. The number of carbonyl (C=O) groups is 2. The van der Waals surface area contributed by atoms with E-state index in [4.69, 9.17) is 17.2 Å². The van der Waals surface area contributed by atoms with Crippen molar-refractivity contribution < 1.29 is 9.59 Å². The van der Waals surface area contributed by atoms with Crippen LogP contribution < -0.4 is 22.1 Å². The van der Waals surface area contributed by atoms with Crippen LogP contribution in [0, 0.1) is 6.92 Å². The van der Waals surface area contributed by atoms with Gasteiger partial charge in [0.2, 0.25) is 11.8 Å². The van der Waals surface area contributed by atoms with E-state index in [9.17, 15) is 9.59 Å². The van der Waals surface area contributed by atoms with Crippen molar-refractivity contribution in [1.29, 1.82) is 0 Å². The fourth-order valence-corrected chi connectivity index (χ4v) is 1.62. The Morgan fingerprint density at radius 1 is 1.29 bits per heavy atom. The fourth-order valence-electron chi connectivity index (χ4n) is 1.62. The molecule has 17 heavy (non-hydrogen) atoms. The maximum absolute atomic E-state index is 11.0. The van der Waals surface area contributed by atoms with Crippen molar-refractivity contribution in [3.8, 4) is 0 Å². The molecule has 0 saturated carbocycles. The molecule has 2 amide bonds. The maximum atomic E-state index is 11.0. The molecule has 0 aliphatic rings. The topological polar surface area (TPSA) is 133 Å². The van der Waals surface area contributed by atoms with Crippen molar-refractivity contribution in [1.82, 2.24) is 9.78 Å². The highest BCUT2D eigenvalue weighted by Gasteiger charge is 2.20. The fraction of sp³-hybridized carbons (Fsp3) is 0.444. The zero-order valence-electron chi connectivity index (χ0n) is 9.80. The Morgan fingerprint density at radius 3 is 2.06 bits per heavy atom. The zero-order chi connectivity index (χ0) is 13.2. The summed E-state index contributed by atoms with van der Waals surface area (Å²) in [6.07, 6.45) is 0. The summed E-state index contributed by atoms with van der Waals surface area (Å²) in [6, 6.07) is 0. The van der Waals surface area contributed by atoms with E-state index in [1.54, 1.807) is 14.0 Å². The van der Waals surface area contributed by atoms with Crippen LogP contribution in [0.5, 0.6) is 0 Å². The summed E-state index contributed by atoms with van der Waals surface area (Å²) in [4.78, 5) is 23.3. The number of amides is 2. The van der Waals surface area contributed by atoms with E-state index in [-0.39, 0.29) is 13.1 Å². The van der Waals surface area contributed by atoms with Crippen LogP contribution >= 0.6 is 0 Å². The number of nitrogen functional groups attached to an aromatic ring is 1. The highest BCUT2D eigenvalue weighted by atomic mass is 16.2. The van der Waals surface area contributed by atoms with Crippen molar-refractivity contribution in [3.63, 3.8) is 0 Å². The van der Waals surface area contributed by atoms with E-state index in [2.05, 4.69) is 5.10 Å². The average Bonchev–Trinajstić information content (AvgIpc) is 2.38. The lowest BCUT2D eigenvalue weighted by atomic mass is 10.3. The molecule has 1 rings (SSSR count). The summed E-state index contributed by atoms with van der Waals surface area (Å²) in [5.74, 6) is -0.700. The monoisotopic (exact) mass is 240 g/mol. The first-order valence-electron chi connectivity index (χ1n) is 4.93. The minimum Gasteiger partial charge on any atom is -0.394 e. The summed E-state index contributed by atoms with van der Waals surface area (Å²) in [7, 11) is 1.66. The third-order valence-corrected chi connectivity index (χ3v) is 2.23. The first kappa shape index (κ1) is 12.8. The van der Waals surface area contributed by atoms with Crippen LogP contribution in [0.3, 0.4) is 0 Å². The summed E-state index contributed by atoms with van der Waals surface area (Å²) in [5, 5.41) is 4.09. The lowest BCUT2D eigenvalue weighted by molar-refractivity contribution is -0.117. The zero-order valence-corrected chi connectivity index (χ0v) is 9.80. The molecule has 0 aliphatic carbocycles. The third kappa shape index (κ3) is 2.86. The van der Waals surface area contributed by atoms with Gasteiger partial charge in [0.05, 0.1) is 24.5 Å². The van der Waals surface area contributed by atoms with Gasteiger partial charge in [0.15, 0.2) is 5.82 Å². The van der Waals surface area contributed by atoms with Gasteiger partial charge in [0, 0.05) is 7.05 Å². The maximum Gasteiger partial charge on any atom is 0.237 e. The van der Waals surface area contributed by atoms with E-state index in [0.29, 0.717) is 17.2 Å². The quantitative estimate of drug-likeness (QED) is 0.552. The minimum atomic E-state index is -0.579. The van der Waals surface area contributed by atoms with Gasteiger partial charge in [-0.3, -0.25) is 14.3 Å². The molecular weight excluding hydrogens is 224 g/mol. The molecule has 0 atom stereocenters. The van der Waals surface area contributed by atoms with E-state index >= 15 is 0 Å². The molecule has 0 saturated heterocycles. The second-order valence-corrected chi connectivity index (χ2v) is 3.73. The number of carbonyl (C=O) groups excluding carboxylic acids is 2. The summed E-state index contributed by atoms with van der Waals surface area (Å²) >= 11 is 0. The molecule has 8 nitrogen and oxygen atoms in total. The second-order valence-electron chi connectivity index (χ2n) is 3.73. The Morgan fingerprint density at radius 2 is 1.76 bits per heavy atom. The summed E-state index contributed by atoms with van der Waals surface area (Å²) < 4.78 is 1.48. The molecule has 1 aromatic heterocycles. The van der Waals surface area contributed by atoms with E-state index in [1.165, 1.54) is 9.58 Å². The van der Waals surface area contributed by atoms with Gasteiger partial charge in [-0.1, -0.05) is 0 Å². The SMILES string of the molecule is Cc1nn(C)c(N(CC(N)=O)CC(N)=O)c1N. The Labute approximate surface area is 98.3 Å². The summed E-state index contributed by atoms with van der Waals surface area (Å²) in [6.45, 7) is 1.43. The van der Waals surface area contributed by atoms with Crippen LogP contribution in [0.2, 0.25) is 0 Å². The molecule has 0 radical (unpaired) electrons. The largest absolute Gasteiger partial charge is 0.394 e. The number of primary amides is 2. The Kier molecular flexibility index (Phi) is 3.56. The first-order valence-corrected chi connectivity index (χ1v) is 4.93. The smallest absolute Gasteiger partial charge is 0.237 e. The molecule has 0 bridgehead atoms. The third-order valence-electron chi connectivity index (χ3n) is 2.23. The lowest BCUT2D eigenvalue weighted by Gasteiger charge is -2.21. The predicted octanol–water partition coefficient (Wildman–Crippen LogP) is -1.91. The highest BCUT2D eigenvalue weighted by Crippen LogP contribution is 2.24. The number of aromatic nitrogens is 2. The van der Waals surface area contributed by atoms with Crippen LogP contribution in [0.25, 0.3) is 0 Å².